The van der Waals surface area contributed by atoms with Gasteiger partial charge in [-0.1, -0.05) is 6.07 Å². The van der Waals surface area contributed by atoms with Gasteiger partial charge in [0.1, 0.15) is 0 Å². The molecule has 0 amide bonds. The molecule has 0 spiro atoms. The summed E-state index contributed by atoms with van der Waals surface area (Å²) in [6.45, 7) is 1.84. The van der Waals surface area contributed by atoms with Crippen molar-refractivity contribution in [3.05, 3.63) is 23.9 Å². The molecule has 2 rings (SSSR count). The SMILES string of the molecule is Cc1c(B(O)O)ccc2n[nH]cc12. The van der Waals surface area contributed by atoms with E-state index in [1.807, 2.05) is 6.92 Å². The molecule has 2 aromatic rings. The van der Waals surface area contributed by atoms with E-state index in [-0.39, 0.29) is 0 Å². The van der Waals surface area contributed by atoms with E-state index >= 15 is 0 Å². The molecule has 0 fully saturated rings. The average Bonchev–Trinajstić information content (AvgIpc) is 2.52. The summed E-state index contributed by atoms with van der Waals surface area (Å²) >= 11 is 0. The third-order valence-corrected chi connectivity index (χ3v) is 2.21. The summed E-state index contributed by atoms with van der Waals surface area (Å²) in [6, 6.07) is 3.43. The number of benzene rings is 1. The van der Waals surface area contributed by atoms with Gasteiger partial charge in [0.25, 0.3) is 0 Å². The highest BCUT2D eigenvalue weighted by molar-refractivity contribution is 6.59. The molecule has 0 aliphatic heterocycles. The number of aryl methyl sites for hydroxylation is 1. The Labute approximate surface area is 75.4 Å². The summed E-state index contributed by atoms with van der Waals surface area (Å²) in [6.07, 6.45) is 1.75. The van der Waals surface area contributed by atoms with Crippen LogP contribution >= 0.6 is 0 Å². The Morgan fingerprint density at radius 2 is 2.15 bits per heavy atom. The topological polar surface area (TPSA) is 69.1 Å². The molecule has 1 aromatic heterocycles. The van der Waals surface area contributed by atoms with Crippen molar-refractivity contribution in [2.45, 2.75) is 6.92 Å². The number of H-pyrrole nitrogens is 1. The number of rotatable bonds is 1. The number of nitrogens with zero attached hydrogens (tertiary/aromatic N) is 1. The van der Waals surface area contributed by atoms with Crippen LogP contribution in [0.5, 0.6) is 0 Å². The van der Waals surface area contributed by atoms with E-state index in [9.17, 15) is 0 Å². The third kappa shape index (κ3) is 1.22. The Hall–Kier alpha value is -1.33. The van der Waals surface area contributed by atoms with E-state index < -0.39 is 7.12 Å². The van der Waals surface area contributed by atoms with E-state index in [4.69, 9.17) is 10.0 Å². The molecular formula is C8H9BN2O2. The van der Waals surface area contributed by atoms with Crippen LogP contribution in [0.15, 0.2) is 18.3 Å². The number of hydrogen-bond donors (Lipinski definition) is 3. The Bertz CT molecular complexity index is 439. The fraction of sp³-hybridized carbons (Fsp3) is 0.125. The van der Waals surface area contributed by atoms with E-state index in [0.717, 1.165) is 16.5 Å². The van der Waals surface area contributed by atoms with Gasteiger partial charge in [0.2, 0.25) is 0 Å². The van der Waals surface area contributed by atoms with E-state index in [1.165, 1.54) is 0 Å². The minimum atomic E-state index is -1.42. The largest absolute Gasteiger partial charge is 0.488 e. The normalized spacial score (nSPS) is 10.7. The Morgan fingerprint density at radius 3 is 2.85 bits per heavy atom. The summed E-state index contributed by atoms with van der Waals surface area (Å²) in [5.41, 5.74) is 2.21. The highest BCUT2D eigenvalue weighted by Crippen LogP contribution is 2.13. The molecular weight excluding hydrogens is 167 g/mol. The monoisotopic (exact) mass is 176 g/mol. The predicted octanol–water partition coefficient (Wildman–Crippen LogP) is -0.449. The smallest absolute Gasteiger partial charge is 0.423 e. The van der Waals surface area contributed by atoms with Crippen LogP contribution in [0.3, 0.4) is 0 Å². The van der Waals surface area contributed by atoms with Gasteiger partial charge in [0.15, 0.2) is 0 Å². The lowest BCUT2D eigenvalue weighted by molar-refractivity contribution is 0.425. The lowest BCUT2D eigenvalue weighted by Crippen LogP contribution is -2.31. The van der Waals surface area contributed by atoms with Crippen LogP contribution in [0.4, 0.5) is 0 Å². The van der Waals surface area contributed by atoms with Crippen molar-refractivity contribution < 1.29 is 10.0 Å². The Balaban J connectivity index is 2.73. The van der Waals surface area contributed by atoms with Gasteiger partial charge in [0, 0.05) is 11.6 Å². The maximum atomic E-state index is 9.03. The molecule has 0 saturated heterocycles. The summed E-state index contributed by atoms with van der Waals surface area (Å²) < 4.78 is 0. The second-order valence-corrected chi connectivity index (χ2v) is 2.97. The van der Waals surface area contributed by atoms with Crippen LogP contribution in [-0.2, 0) is 0 Å². The van der Waals surface area contributed by atoms with Gasteiger partial charge in [0.05, 0.1) is 5.52 Å². The van der Waals surface area contributed by atoms with Gasteiger partial charge in [-0.2, -0.15) is 5.10 Å². The lowest BCUT2D eigenvalue weighted by atomic mass is 9.76. The zero-order chi connectivity index (χ0) is 9.42. The minimum absolute atomic E-state index is 0.522. The predicted molar refractivity (Wildman–Crippen MR) is 50.7 cm³/mol. The van der Waals surface area contributed by atoms with Crippen molar-refractivity contribution in [3.8, 4) is 0 Å². The fourth-order valence-corrected chi connectivity index (χ4v) is 1.46. The van der Waals surface area contributed by atoms with Gasteiger partial charge >= 0.3 is 7.12 Å². The lowest BCUT2D eigenvalue weighted by Gasteiger charge is -2.03. The van der Waals surface area contributed by atoms with Crippen LogP contribution in [0.1, 0.15) is 5.56 Å². The number of fused-ring (bicyclic) bond motifs is 1. The number of hydrogen-bond acceptors (Lipinski definition) is 3. The first-order chi connectivity index (χ1) is 6.20. The highest BCUT2D eigenvalue weighted by Gasteiger charge is 2.15. The minimum Gasteiger partial charge on any atom is -0.423 e. The second-order valence-electron chi connectivity index (χ2n) is 2.97. The zero-order valence-corrected chi connectivity index (χ0v) is 7.15. The van der Waals surface area contributed by atoms with Crippen LogP contribution in [-0.4, -0.2) is 27.4 Å². The molecule has 5 heteroatoms. The highest BCUT2D eigenvalue weighted by atomic mass is 16.4. The third-order valence-electron chi connectivity index (χ3n) is 2.21. The molecule has 0 aliphatic rings. The maximum Gasteiger partial charge on any atom is 0.488 e. The molecule has 1 aromatic carbocycles. The molecule has 1 heterocycles. The van der Waals surface area contributed by atoms with Crippen LogP contribution < -0.4 is 5.46 Å². The molecule has 4 nitrogen and oxygen atoms in total. The van der Waals surface area contributed by atoms with E-state index in [0.29, 0.717) is 5.46 Å². The van der Waals surface area contributed by atoms with E-state index in [1.54, 1.807) is 18.3 Å². The molecule has 0 atom stereocenters. The van der Waals surface area contributed by atoms with Gasteiger partial charge in [-0.3, -0.25) is 5.10 Å². The second kappa shape index (κ2) is 2.87. The summed E-state index contributed by atoms with van der Waals surface area (Å²) in [5.74, 6) is 0. The van der Waals surface area contributed by atoms with Crippen molar-refractivity contribution >= 4 is 23.5 Å². The molecule has 0 unspecified atom stereocenters. The molecule has 0 saturated carbocycles. The van der Waals surface area contributed by atoms with E-state index in [2.05, 4.69) is 10.2 Å². The van der Waals surface area contributed by atoms with Crippen molar-refractivity contribution in [1.29, 1.82) is 0 Å². The van der Waals surface area contributed by atoms with Crippen molar-refractivity contribution in [3.63, 3.8) is 0 Å². The summed E-state index contributed by atoms with van der Waals surface area (Å²) in [4.78, 5) is 0. The van der Waals surface area contributed by atoms with Gasteiger partial charge in [-0.05, 0) is 24.0 Å². The van der Waals surface area contributed by atoms with Crippen LogP contribution in [0.2, 0.25) is 0 Å². The van der Waals surface area contributed by atoms with Crippen molar-refractivity contribution in [1.82, 2.24) is 10.2 Å². The van der Waals surface area contributed by atoms with Crippen molar-refractivity contribution in [2.24, 2.45) is 0 Å². The standard InChI is InChI=1S/C8H9BN2O2/c1-5-6-4-10-11-8(6)3-2-7(5)9(12)13/h2-4,12-13H,1H3,(H,10,11). The first-order valence-corrected chi connectivity index (χ1v) is 3.99. The Morgan fingerprint density at radius 1 is 1.38 bits per heavy atom. The van der Waals surface area contributed by atoms with Crippen LogP contribution in [0.25, 0.3) is 10.9 Å². The average molecular weight is 176 g/mol. The first-order valence-electron chi connectivity index (χ1n) is 3.99. The Kier molecular flexibility index (Phi) is 1.83. The summed E-state index contributed by atoms with van der Waals surface area (Å²) in [7, 11) is -1.42. The van der Waals surface area contributed by atoms with Gasteiger partial charge < -0.3 is 10.0 Å². The van der Waals surface area contributed by atoms with Crippen LogP contribution in [0, 0.1) is 6.92 Å². The summed E-state index contributed by atoms with van der Waals surface area (Å²) in [5, 5.41) is 25.7. The van der Waals surface area contributed by atoms with Crippen molar-refractivity contribution in [2.75, 3.05) is 0 Å². The molecule has 0 aliphatic carbocycles. The quantitative estimate of drug-likeness (QED) is 0.515. The first kappa shape index (κ1) is 8.28. The zero-order valence-electron chi connectivity index (χ0n) is 7.15. The molecule has 0 bridgehead atoms. The van der Waals surface area contributed by atoms with Gasteiger partial charge in [-0.15, -0.1) is 0 Å². The molecule has 3 N–H and O–H groups in total. The molecule has 0 radical (unpaired) electrons. The molecule has 66 valence electrons. The number of aromatic amines is 1. The number of aromatic nitrogens is 2. The molecule has 13 heavy (non-hydrogen) atoms. The maximum absolute atomic E-state index is 9.03. The number of nitrogens with one attached hydrogen (secondary N) is 1. The fourth-order valence-electron chi connectivity index (χ4n) is 1.46. The van der Waals surface area contributed by atoms with Gasteiger partial charge in [-0.25, -0.2) is 0 Å².